The van der Waals surface area contributed by atoms with Crippen LogP contribution in [0.2, 0.25) is 0 Å². The molecule has 0 fully saturated rings. The Morgan fingerprint density at radius 3 is 2.87 bits per heavy atom. The Labute approximate surface area is 88.1 Å². The highest BCUT2D eigenvalue weighted by Gasteiger charge is 2.00. The molecular formula is C12H14N2O. The fourth-order valence-electron chi connectivity index (χ4n) is 1.78. The van der Waals surface area contributed by atoms with Crippen molar-refractivity contribution in [3.8, 4) is 0 Å². The number of fused-ring (bicyclic) bond motifs is 1. The van der Waals surface area contributed by atoms with Gasteiger partial charge in [-0.25, -0.2) is 0 Å². The lowest BCUT2D eigenvalue weighted by Gasteiger charge is -2.05. The van der Waals surface area contributed by atoms with Gasteiger partial charge in [0, 0.05) is 23.5 Å². The Balaban J connectivity index is 2.66. The molecular weight excluding hydrogens is 188 g/mol. The molecule has 2 aromatic rings. The van der Waals surface area contributed by atoms with E-state index in [0.717, 1.165) is 23.0 Å². The first-order chi connectivity index (χ1) is 7.20. The van der Waals surface area contributed by atoms with E-state index in [1.165, 1.54) is 5.56 Å². The highest BCUT2D eigenvalue weighted by atomic mass is 16.1. The average molecular weight is 202 g/mol. The van der Waals surface area contributed by atoms with Crippen LogP contribution < -0.4 is 10.9 Å². The van der Waals surface area contributed by atoms with Crippen molar-refractivity contribution in [1.82, 2.24) is 10.3 Å². The Kier molecular flexibility index (Phi) is 2.56. The van der Waals surface area contributed by atoms with E-state index in [9.17, 15) is 4.79 Å². The third-order valence-electron chi connectivity index (χ3n) is 2.50. The molecule has 3 nitrogen and oxygen atoms in total. The van der Waals surface area contributed by atoms with Gasteiger partial charge >= 0.3 is 0 Å². The van der Waals surface area contributed by atoms with Crippen molar-refractivity contribution in [3.05, 3.63) is 45.7 Å². The Bertz CT molecular complexity index is 543. The number of aromatic amines is 1. The molecule has 0 saturated carbocycles. The Morgan fingerprint density at radius 2 is 2.13 bits per heavy atom. The molecule has 2 N–H and O–H groups in total. The number of H-pyrrole nitrogens is 1. The minimum Gasteiger partial charge on any atom is -0.322 e. The SMILES string of the molecule is CNCc1ccc2[nH]c(=O)cc(C)c2c1. The summed E-state index contributed by atoms with van der Waals surface area (Å²) in [5.41, 5.74) is 3.10. The summed E-state index contributed by atoms with van der Waals surface area (Å²) < 4.78 is 0. The van der Waals surface area contributed by atoms with Gasteiger partial charge in [0.25, 0.3) is 0 Å². The van der Waals surface area contributed by atoms with Crippen molar-refractivity contribution < 1.29 is 0 Å². The van der Waals surface area contributed by atoms with Gasteiger partial charge in [0.2, 0.25) is 5.56 Å². The molecule has 0 aliphatic rings. The van der Waals surface area contributed by atoms with Crippen LogP contribution in [-0.2, 0) is 6.54 Å². The zero-order chi connectivity index (χ0) is 10.8. The predicted octanol–water partition coefficient (Wildman–Crippen LogP) is 1.56. The lowest BCUT2D eigenvalue weighted by Crippen LogP contribution is -2.07. The van der Waals surface area contributed by atoms with E-state index < -0.39 is 0 Å². The molecule has 1 heterocycles. The highest BCUT2D eigenvalue weighted by molar-refractivity contribution is 5.82. The van der Waals surface area contributed by atoms with Crippen LogP contribution in [0.4, 0.5) is 0 Å². The first-order valence-electron chi connectivity index (χ1n) is 4.98. The monoisotopic (exact) mass is 202 g/mol. The Hall–Kier alpha value is -1.61. The maximum atomic E-state index is 11.2. The predicted molar refractivity (Wildman–Crippen MR) is 62.1 cm³/mol. The van der Waals surface area contributed by atoms with Crippen molar-refractivity contribution in [2.75, 3.05) is 7.05 Å². The zero-order valence-electron chi connectivity index (χ0n) is 8.92. The lowest BCUT2D eigenvalue weighted by atomic mass is 10.1. The van der Waals surface area contributed by atoms with Crippen LogP contribution in [0.5, 0.6) is 0 Å². The fraction of sp³-hybridized carbons (Fsp3) is 0.250. The van der Waals surface area contributed by atoms with E-state index in [-0.39, 0.29) is 5.56 Å². The first-order valence-corrected chi connectivity index (χ1v) is 4.98. The summed E-state index contributed by atoms with van der Waals surface area (Å²) in [7, 11) is 1.92. The molecule has 0 atom stereocenters. The second kappa shape index (κ2) is 3.87. The van der Waals surface area contributed by atoms with Gasteiger partial charge in [-0.3, -0.25) is 4.79 Å². The highest BCUT2D eigenvalue weighted by Crippen LogP contribution is 2.16. The summed E-state index contributed by atoms with van der Waals surface area (Å²) in [5, 5.41) is 4.22. The van der Waals surface area contributed by atoms with Crippen molar-refractivity contribution in [1.29, 1.82) is 0 Å². The van der Waals surface area contributed by atoms with E-state index >= 15 is 0 Å². The molecule has 0 radical (unpaired) electrons. The molecule has 2 rings (SSSR count). The smallest absolute Gasteiger partial charge is 0.248 e. The number of hydrogen-bond acceptors (Lipinski definition) is 2. The summed E-state index contributed by atoms with van der Waals surface area (Å²) in [4.78, 5) is 14.1. The quantitative estimate of drug-likeness (QED) is 0.776. The van der Waals surface area contributed by atoms with Crippen LogP contribution in [0.25, 0.3) is 10.9 Å². The van der Waals surface area contributed by atoms with Gasteiger partial charge in [0.15, 0.2) is 0 Å². The second-order valence-electron chi connectivity index (χ2n) is 3.73. The van der Waals surface area contributed by atoms with E-state index in [1.54, 1.807) is 6.07 Å². The van der Waals surface area contributed by atoms with E-state index in [0.29, 0.717) is 0 Å². The molecule has 0 aliphatic carbocycles. The largest absolute Gasteiger partial charge is 0.322 e. The van der Waals surface area contributed by atoms with Crippen LogP contribution in [0.15, 0.2) is 29.1 Å². The van der Waals surface area contributed by atoms with Gasteiger partial charge in [-0.05, 0) is 37.2 Å². The van der Waals surface area contributed by atoms with Crippen LogP contribution in [-0.4, -0.2) is 12.0 Å². The van der Waals surface area contributed by atoms with Gasteiger partial charge < -0.3 is 10.3 Å². The molecule has 0 amide bonds. The molecule has 1 aromatic carbocycles. The molecule has 15 heavy (non-hydrogen) atoms. The average Bonchev–Trinajstić information content (AvgIpc) is 2.19. The normalized spacial score (nSPS) is 10.8. The first kappa shape index (κ1) is 9.93. The molecule has 78 valence electrons. The number of pyridine rings is 1. The topological polar surface area (TPSA) is 44.9 Å². The number of aromatic nitrogens is 1. The molecule has 0 unspecified atom stereocenters. The molecule has 0 spiro atoms. The molecule has 0 saturated heterocycles. The minimum atomic E-state index is -0.0404. The van der Waals surface area contributed by atoms with E-state index in [2.05, 4.69) is 16.4 Å². The number of nitrogens with one attached hydrogen (secondary N) is 2. The maximum Gasteiger partial charge on any atom is 0.248 e. The molecule has 0 aliphatic heterocycles. The van der Waals surface area contributed by atoms with Crippen LogP contribution in [0, 0.1) is 6.92 Å². The van der Waals surface area contributed by atoms with Crippen LogP contribution in [0.3, 0.4) is 0 Å². The van der Waals surface area contributed by atoms with Gasteiger partial charge in [0.1, 0.15) is 0 Å². The zero-order valence-corrected chi connectivity index (χ0v) is 8.92. The second-order valence-corrected chi connectivity index (χ2v) is 3.73. The van der Waals surface area contributed by atoms with E-state index in [1.807, 2.05) is 26.1 Å². The fourth-order valence-corrected chi connectivity index (χ4v) is 1.78. The van der Waals surface area contributed by atoms with Gasteiger partial charge in [-0.1, -0.05) is 6.07 Å². The number of aryl methyl sites for hydroxylation is 1. The van der Waals surface area contributed by atoms with Crippen molar-refractivity contribution >= 4 is 10.9 Å². The standard InChI is InChI=1S/C12H14N2O/c1-8-5-12(15)14-11-4-3-9(7-13-2)6-10(8)11/h3-6,13H,7H2,1-2H3,(H,14,15). The van der Waals surface area contributed by atoms with Gasteiger partial charge in [0.05, 0.1) is 0 Å². The summed E-state index contributed by atoms with van der Waals surface area (Å²) in [6, 6.07) is 7.72. The number of hydrogen-bond donors (Lipinski definition) is 2. The Morgan fingerprint density at radius 1 is 1.33 bits per heavy atom. The van der Waals surface area contributed by atoms with E-state index in [4.69, 9.17) is 0 Å². The molecule has 3 heteroatoms. The van der Waals surface area contributed by atoms with Crippen molar-refractivity contribution in [2.45, 2.75) is 13.5 Å². The summed E-state index contributed by atoms with van der Waals surface area (Å²) in [6.07, 6.45) is 0. The van der Waals surface area contributed by atoms with Crippen LogP contribution >= 0.6 is 0 Å². The number of rotatable bonds is 2. The maximum absolute atomic E-state index is 11.2. The molecule has 0 bridgehead atoms. The molecule has 1 aromatic heterocycles. The van der Waals surface area contributed by atoms with Crippen LogP contribution in [0.1, 0.15) is 11.1 Å². The summed E-state index contributed by atoms with van der Waals surface area (Å²) >= 11 is 0. The summed E-state index contributed by atoms with van der Waals surface area (Å²) in [6.45, 7) is 2.80. The third-order valence-corrected chi connectivity index (χ3v) is 2.50. The summed E-state index contributed by atoms with van der Waals surface area (Å²) in [5.74, 6) is 0. The lowest BCUT2D eigenvalue weighted by molar-refractivity contribution is 0.819. The van der Waals surface area contributed by atoms with Gasteiger partial charge in [-0.2, -0.15) is 0 Å². The number of benzene rings is 1. The third kappa shape index (κ3) is 1.92. The van der Waals surface area contributed by atoms with Crippen molar-refractivity contribution in [3.63, 3.8) is 0 Å². The minimum absolute atomic E-state index is 0.0404. The van der Waals surface area contributed by atoms with Crippen molar-refractivity contribution in [2.24, 2.45) is 0 Å². The van der Waals surface area contributed by atoms with Gasteiger partial charge in [-0.15, -0.1) is 0 Å².